The predicted octanol–water partition coefficient (Wildman–Crippen LogP) is 3.99. The van der Waals surface area contributed by atoms with Crippen LogP contribution in [0.15, 0.2) is 0 Å². The fourth-order valence-corrected chi connectivity index (χ4v) is 6.08. The maximum absolute atomic E-state index is 10.1. The highest BCUT2D eigenvalue weighted by Crippen LogP contribution is 2.54. The van der Waals surface area contributed by atoms with Crippen LogP contribution >= 0.6 is 16.2 Å². The van der Waals surface area contributed by atoms with Crippen LogP contribution < -0.4 is 0 Å². The van der Waals surface area contributed by atoms with Crippen LogP contribution in [0.5, 0.6) is 0 Å². The van der Waals surface area contributed by atoms with Gasteiger partial charge in [0.1, 0.15) is 32.8 Å². The standard InChI is InChI=1S/C20H37BN2O8P2Si/c1-19(2,3)34(9,10)31-16-17(30-33(8,25-7)28-14-12-23-6)20(4,29-18(16)21)15-27-32(24)26-13-11-22-5/h16-18,24H,8,11-15H2,1-4,7,9-10H3/t16?,17-,18-,20-,32?,33?/m1/s1. The summed E-state index contributed by atoms with van der Waals surface area (Å²) in [4.78, 5) is 16.5. The van der Waals surface area contributed by atoms with E-state index in [1.54, 1.807) is 6.92 Å². The van der Waals surface area contributed by atoms with Gasteiger partial charge in [0.25, 0.3) is 7.57 Å². The lowest BCUT2D eigenvalue weighted by Gasteiger charge is -2.42. The largest absolute Gasteiger partial charge is 0.409 e. The van der Waals surface area contributed by atoms with Crippen LogP contribution in [0, 0.1) is 13.1 Å². The minimum absolute atomic E-state index is 0.0475. The Hall–Kier alpha value is -0.328. The second-order valence-electron chi connectivity index (χ2n) is 9.50. The Morgan fingerprint density at radius 1 is 1.21 bits per heavy atom. The summed E-state index contributed by atoms with van der Waals surface area (Å²) >= 11 is 0. The summed E-state index contributed by atoms with van der Waals surface area (Å²) in [6, 6.07) is -0.853. The second kappa shape index (κ2) is 13.3. The molecule has 0 aromatic rings. The molecule has 3 unspecified atom stereocenters. The van der Waals surface area contributed by atoms with E-state index in [1.165, 1.54) is 7.11 Å². The number of rotatable bonds is 14. The van der Waals surface area contributed by atoms with Crippen LogP contribution in [0.2, 0.25) is 18.1 Å². The molecular weight excluding hydrogens is 497 g/mol. The molecule has 0 amide bonds. The summed E-state index contributed by atoms with van der Waals surface area (Å²) in [5, 5.41) is -0.104. The number of nitrogens with zero attached hydrogens (tertiary/aromatic N) is 2. The maximum Gasteiger partial charge on any atom is 0.330 e. The second-order valence-corrected chi connectivity index (χ2v) is 17.3. The van der Waals surface area contributed by atoms with Crippen LogP contribution in [0.3, 0.4) is 0 Å². The van der Waals surface area contributed by atoms with E-state index in [9.17, 15) is 4.89 Å². The van der Waals surface area contributed by atoms with Crippen molar-refractivity contribution < 1.29 is 36.7 Å². The van der Waals surface area contributed by atoms with Gasteiger partial charge in [0, 0.05) is 13.1 Å². The van der Waals surface area contributed by atoms with Crippen LogP contribution in [-0.2, 0) is 31.8 Å². The van der Waals surface area contributed by atoms with E-state index in [0.29, 0.717) is 0 Å². The fourth-order valence-electron chi connectivity index (χ4n) is 2.81. The van der Waals surface area contributed by atoms with Gasteiger partial charge in [-0.3, -0.25) is 0 Å². The zero-order valence-electron chi connectivity index (χ0n) is 21.1. The van der Waals surface area contributed by atoms with Crippen molar-refractivity contribution in [3.63, 3.8) is 0 Å². The molecule has 1 fully saturated rings. The lowest BCUT2D eigenvalue weighted by molar-refractivity contribution is -0.0789. The van der Waals surface area contributed by atoms with Crippen molar-refractivity contribution in [3.8, 4) is 0 Å². The van der Waals surface area contributed by atoms with Crippen molar-refractivity contribution in [1.29, 1.82) is 0 Å². The minimum Gasteiger partial charge on any atom is -0.409 e. The van der Waals surface area contributed by atoms with Gasteiger partial charge in [-0.15, -0.1) is 0 Å². The first-order chi connectivity index (χ1) is 15.6. The molecule has 0 spiro atoms. The molecule has 1 aliphatic heterocycles. The highest BCUT2D eigenvalue weighted by Gasteiger charge is 2.56. The molecule has 0 aliphatic carbocycles. The van der Waals surface area contributed by atoms with Gasteiger partial charge < -0.3 is 46.4 Å². The summed E-state index contributed by atoms with van der Waals surface area (Å²) in [6.45, 7) is 26.2. The summed E-state index contributed by atoms with van der Waals surface area (Å²) in [7, 11) is 0.129. The normalized spacial score (nSPS) is 28.1. The van der Waals surface area contributed by atoms with Crippen LogP contribution in [-0.4, -0.2) is 91.2 Å². The smallest absolute Gasteiger partial charge is 0.330 e. The maximum atomic E-state index is 10.1. The first-order valence-corrected chi connectivity index (χ1v) is 16.6. The third-order valence-corrected chi connectivity index (χ3v) is 12.7. The highest BCUT2D eigenvalue weighted by atomic mass is 31.2. The topological polar surface area (TPSA) is 93.6 Å². The van der Waals surface area contributed by atoms with Crippen molar-refractivity contribution in [2.75, 3.05) is 40.0 Å². The lowest BCUT2D eigenvalue weighted by Crippen LogP contribution is -2.52. The van der Waals surface area contributed by atoms with Crippen LogP contribution in [0.4, 0.5) is 0 Å². The highest BCUT2D eigenvalue weighted by molar-refractivity contribution is 7.59. The van der Waals surface area contributed by atoms with E-state index in [4.69, 9.17) is 52.8 Å². The van der Waals surface area contributed by atoms with Crippen LogP contribution in [0.1, 0.15) is 27.7 Å². The molecule has 1 saturated heterocycles. The van der Waals surface area contributed by atoms with Gasteiger partial charge in [0.2, 0.25) is 13.1 Å². The molecule has 0 bridgehead atoms. The molecule has 1 heterocycles. The molecular formula is C20H37BN2O8P2Si. The number of hydrogen-bond donors (Lipinski definition) is 1. The molecule has 14 heteroatoms. The molecule has 6 atom stereocenters. The van der Waals surface area contributed by atoms with E-state index >= 15 is 0 Å². The SMILES string of the molecule is [B][C@@H]1O[C@](C)(COP(O)OCC[N+]#[C-])[C@H](OP(=C)(OC)OCC[N+]#[C-])C1O[Si](C)(C)C(C)(C)C. The summed E-state index contributed by atoms with van der Waals surface area (Å²) < 4.78 is 40.8. The predicted molar refractivity (Wildman–Crippen MR) is 137 cm³/mol. The molecule has 1 N–H and O–H groups in total. The van der Waals surface area contributed by atoms with Gasteiger partial charge in [0.15, 0.2) is 8.32 Å². The molecule has 0 aromatic carbocycles. The van der Waals surface area contributed by atoms with E-state index in [0.717, 1.165) is 0 Å². The van der Waals surface area contributed by atoms with Gasteiger partial charge in [-0.25, -0.2) is 13.1 Å². The Kier molecular flexibility index (Phi) is 12.4. The van der Waals surface area contributed by atoms with Crippen molar-refractivity contribution in [3.05, 3.63) is 22.8 Å². The number of ether oxygens (including phenoxy) is 1. The van der Waals surface area contributed by atoms with Crippen molar-refractivity contribution in [1.82, 2.24) is 0 Å². The van der Waals surface area contributed by atoms with E-state index in [2.05, 4.69) is 49.9 Å². The quantitative estimate of drug-likeness (QED) is 0.155. The molecule has 34 heavy (non-hydrogen) atoms. The Bertz CT molecular complexity index is 788. The molecule has 0 saturated carbocycles. The average molecular weight is 534 g/mol. The van der Waals surface area contributed by atoms with Crippen molar-refractivity contribution in [2.45, 2.75) is 69.6 Å². The minimum atomic E-state index is -3.12. The summed E-state index contributed by atoms with van der Waals surface area (Å²) in [5.41, 5.74) is -1.16. The fraction of sp³-hybridized carbons (Fsp3) is 0.850. The monoisotopic (exact) mass is 534 g/mol. The van der Waals surface area contributed by atoms with E-state index < -0.39 is 48.3 Å². The van der Waals surface area contributed by atoms with Gasteiger partial charge >= 0.3 is 8.60 Å². The Morgan fingerprint density at radius 3 is 2.32 bits per heavy atom. The van der Waals surface area contributed by atoms with Crippen LogP contribution in [0.25, 0.3) is 9.69 Å². The molecule has 192 valence electrons. The third kappa shape index (κ3) is 8.96. The van der Waals surface area contributed by atoms with Gasteiger partial charge in [-0.05, 0) is 31.4 Å². The lowest BCUT2D eigenvalue weighted by atomic mass is 9.90. The molecule has 2 radical (unpaired) electrons. The molecule has 10 nitrogen and oxygen atoms in total. The zero-order valence-corrected chi connectivity index (χ0v) is 23.9. The van der Waals surface area contributed by atoms with E-state index in [-0.39, 0.29) is 37.9 Å². The Labute approximate surface area is 207 Å². The first-order valence-electron chi connectivity index (χ1n) is 10.8. The van der Waals surface area contributed by atoms with Gasteiger partial charge in [-0.2, -0.15) is 0 Å². The third-order valence-electron chi connectivity index (χ3n) is 5.78. The first kappa shape index (κ1) is 31.7. The molecule has 1 aliphatic rings. The number of hydrogen-bond acceptors (Lipinski definition) is 8. The zero-order chi connectivity index (χ0) is 26.2. The van der Waals surface area contributed by atoms with E-state index in [1.807, 2.05) is 0 Å². The average Bonchev–Trinajstić information content (AvgIpc) is 2.95. The van der Waals surface area contributed by atoms with Gasteiger partial charge in [0.05, 0.1) is 12.7 Å². The Balaban J connectivity index is 3.19. The molecule has 0 aromatic heterocycles. The summed E-state index contributed by atoms with van der Waals surface area (Å²) in [5.74, 6) is 0. The summed E-state index contributed by atoms with van der Waals surface area (Å²) in [6.07, 6.45) is 2.49. The van der Waals surface area contributed by atoms with Crippen molar-refractivity contribution >= 4 is 38.6 Å². The van der Waals surface area contributed by atoms with Crippen molar-refractivity contribution in [2.24, 2.45) is 0 Å². The Morgan fingerprint density at radius 2 is 1.79 bits per heavy atom. The van der Waals surface area contributed by atoms with Gasteiger partial charge in [-0.1, -0.05) is 20.8 Å². The molecule has 1 rings (SSSR count).